The molecule has 6 heteroatoms. The maximum Gasteiger partial charge on any atom is 0.279 e. The number of anilines is 1. The Balaban J connectivity index is 1.67. The molecule has 0 heterocycles. The first-order valence-electron chi connectivity index (χ1n) is 8.20. The average Bonchev–Trinajstić information content (AvgIpc) is 2.55. The molecule has 0 saturated carbocycles. The summed E-state index contributed by atoms with van der Waals surface area (Å²) in [6.07, 6.45) is 0.770. The highest BCUT2D eigenvalue weighted by Crippen LogP contribution is 2.08. The minimum Gasteiger partial charge on any atom is -0.351 e. The quantitative estimate of drug-likeness (QED) is 0.658. The Bertz CT molecular complexity index is 707. The van der Waals surface area contributed by atoms with Crippen molar-refractivity contribution in [2.45, 2.75) is 6.42 Å². The Kier molecular flexibility index (Phi) is 7.10. The molecule has 0 radical (unpaired) electrons. The minimum absolute atomic E-state index is 0.105. The van der Waals surface area contributed by atoms with Crippen LogP contribution in [0.15, 0.2) is 54.6 Å². The fraction of sp³-hybridized carbons (Fsp3) is 0.263. The van der Waals surface area contributed by atoms with Gasteiger partial charge in [-0.2, -0.15) is 0 Å². The molecule has 2 rings (SSSR count). The van der Waals surface area contributed by atoms with Gasteiger partial charge in [-0.3, -0.25) is 9.59 Å². The Hall–Kier alpha value is -2.73. The topological polar surface area (TPSA) is 62.6 Å². The minimum atomic E-state index is -0.406. The first-order valence-corrected chi connectivity index (χ1v) is 8.20. The highest BCUT2D eigenvalue weighted by Gasteiger charge is 2.14. The van der Waals surface area contributed by atoms with Crippen LogP contribution in [-0.4, -0.2) is 38.5 Å². The highest BCUT2D eigenvalue weighted by atomic mass is 19.1. The molecule has 1 unspecified atom stereocenters. The van der Waals surface area contributed by atoms with Crippen LogP contribution in [0.4, 0.5) is 10.1 Å². The van der Waals surface area contributed by atoms with E-state index >= 15 is 0 Å². The molecule has 2 aromatic rings. The van der Waals surface area contributed by atoms with Gasteiger partial charge in [0.15, 0.2) is 13.1 Å². The van der Waals surface area contributed by atoms with Gasteiger partial charge >= 0.3 is 0 Å². The number of quaternary nitrogens is 1. The number of hydrogen-bond donors (Lipinski definition) is 3. The molecule has 2 aromatic carbocycles. The predicted octanol–water partition coefficient (Wildman–Crippen LogP) is 0.638. The standard InChI is InChI=1S/C19H22FN3O2/c1-23(14-19(25)22-17-9-5-8-16(20)12-17)13-18(24)21-11-10-15-6-3-2-4-7-15/h2-9,12H,10-11,13-14H2,1H3,(H,21,24)(H,22,25)/p+1. The van der Waals surface area contributed by atoms with Crippen LogP contribution in [-0.2, 0) is 16.0 Å². The molecule has 5 nitrogen and oxygen atoms in total. The summed E-state index contributed by atoms with van der Waals surface area (Å²) in [6, 6.07) is 15.6. The Morgan fingerprint density at radius 2 is 1.72 bits per heavy atom. The Morgan fingerprint density at radius 1 is 1.00 bits per heavy atom. The van der Waals surface area contributed by atoms with Crippen LogP contribution in [0, 0.1) is 5.82 Å². The lowest BCUT2D eigenvalue weighted by molar-refractivity contribution is -0.862. The number of likely N-dealkylation sites (N-methyl/N-ethyl adjacent to an activating group) is 1. The Labute approximate surface area is 146 Å². The van der Waals surface area contributed by atoms with Crippen LogP contribution in [0.5, 0.6) is 0 Å². The van der Waals surface area contributed by atoms with Crippen LogP contribution in [0.2, 0.25) is 0 Å². The number of halogens is 1. The van der Waals surface area contributed by atoms with Crippen molar-refractivity contribution < 1.29 is 18.9 Å². The second kappa shape index (κ2) is 9.54. The van der Waals surface area contributed by atoms with Crippen LogP contribution in [0.3, 0.4) is 0 Å². The van der Waals surface area contributed by atoms with Crippen molar-refractivity contribution in [2.75, 3.05) is 32.0 Å². The normalized spacial score (nSPS) is 11.6. The molecule has 3 N–H and O–H groups in total. The van der Waals surface area contributed by atoms with Crippen molar-refractivity contribution in [3.63, 3.8) is 0 Å². The Morgan fingerprint density at radius 3 is 2.44 bits per heavy atom. The van der Waals surface area contributed by atoms with Gasteiger partial charge in [0.25, 0.3) is 11.8 Å². The zero-order valence-corrected chi connectivity index (χ0v) is 14.2. The summed E-state index contributed by atoms with van der Waals surface area (Å²) in [7, 11) is 1.77. The molecule has 0 spiro atoms. The van der Waals surface area contributed by atoms with Gasteiger partial charge in [-0.1, -0.05) is 36.4 Å². The smallest absolute Gasteiger partial charge is 0.279 e. The largest absolute Gasteiger partial charge is 0.351 e. The molecule has 0 saturated heterocycles. The van der Waals surface area contributed by atoms with Gasteiger partial charge in [-0.05, 0) is 30.2 Å². The van der Waals surface area contributed by atoms with Gasteiger partial charge in [0.2, 0.25) is 0 Å². The molecule has 0 bridgehead atoms. The lowest BCUT2D eigenvalue weighted by atomic mass is 10.1. The molecule has 132 valence electrons. The first-order chi connectivity index (χ1) is 12.0. The fourth-order valence-electron chi connectivity index (χ4n) is 2.44. The molecule has 25 heavy (non-hydrogen) atoms. The lowest BCUT2D eigenvalue weighted by Gasteiger charge is -2.14. The second-order valence-electron chi connectivity index (χ2n) is 5.95. The zero-order chi connectivity index (χ0) is 18.1. The van der Waals surface area contributed by atoms with Crippen molar-refractivity contribution >= 4 is 17.5 Å². The SMILES string of the molecule is C[NH+](CC(=O)NCCc1ccccc1)CC(=O)Nc1cccc(F)c1. The number of amides is 2. The summed E-state index contributed by atoms with van der Waals surface area (Å²) in [5, 5.41) is 5.47. The first kappa shape index (κ1) is 18.6. The number of benzene rings is 2. The zero-order valence-electron chi connectivity index (χ0n) is 14.2. The fourth-order valence-corrected chi connectivity index (χ4v) is 2.44. The van der Waals surface area contributed by atoms with Crippen molar-refractivity contribution in [1.82, 2.24) is 5.32 Å². The second-order valence-corrected chi connectivity index (χ2v) is 5.95. The molecule has 0 fully saturated rings. The van der Waals surface area contributed by atoms with Gasteiger partial charge in [0, 0.05) is 12.2 Å². The maximum atomic E-state index is 13.1. The number of nitrogens with one attached hydrogen (secondary N) is 3. The van der Waals surface area contributed by atoms with Crippen molar-refractivity contribution in [2.24, 2.45) is 0 Å². The van der Waals surface area contributed by atoms with Gasteiger partial charge in [0.05, 0.1) is 7.05 Å². The number of hydrogen-bond acceptors (Lipinski definition) is 2. The summed E-state index contributed by atoms with van der Waals surface area (Å²) in [4.78, 5) is 24.6. The molecule has 0 aromatic heterocycles. The van der Waals surface area contributed by atoms with Crippen LogP contribution in [0.1, 0.15) is 5.56 Å². The van der Waals surface area contributed by atoms with E-state index in [4.69, 9.17) is 0 Å². The van der Waals surface area contributed by atoms with E-state index in [1.807, 2.05) is 30.3 Å². The molecule has 0 aliphatic rings. The predicted molar refractivity (Wildman–Crippen MR) is 94.8 cm³/mol. The third kappa shape index (κ3) is 7.14. The third-order valence-corrected chi connectivity index (χ3v) is 3.61. The molecule has 0 aliphatic carbocycles. The van der Waals surface area contributed by atoms with E-state index in [9.17, 15) is 14.0 Å². The maximum absolute atomic E-state index is 13.1. The summed E-state index contributed by atoms with van der Waals surface area (Å²) < 4.78 is 13.1. The van der Waals surface area contributed by atoms with E-state index in [-0.39, 0.29) is 24.9 Å². The summed E-state index contributed by atoms with van der Waals surface area (Å²) in [5.74, 6) is -0.775. The van der Waals surface area contributed by atoms with E-state index < -0.39 is 5.82 Å². The summed E-state index contributed by atoms with van der Waals surface area (Å²) in [5.41, 5.74) is 1.57. The third-order valence-electron chi connectivity index (χ3n) is 3.61. The highest BCUT2D eigenvalue weighted by molar-refractivity contribution is 5.91. The van der Waals surface area contributed by atoms with Gasteiger partial charge in [-0.15, -0.1) is 0 Å². The van der Waals surface area contributed by atoms with E-state index in [1.165, 1.54) is 18.2 Å². The van der Waals surface area contributed by atoms with E-state index in [0.29, 0.717) is 12.2 Å². The van der Waals surface area contributed by atoms with E-state index in [0.717, 1.165) is 16.9 Å². The summed E-state index contributed by atoms with van der Waals surface area (Å²) >= 11 is 0. The number of rotatable bonds is 8. The molecular formula is C19H23FN3O2+. The molecule has 0 aliphatic heterocycles. The van der Waals surface area contributed by atoms with Gasteiger partial charge < -0.3 is 15.5 Å². The van der Waals surface area contributed by atoms with Crippen molar-refractivity contribution in [3.8, 4) is 0 Å². The summed E-state index contributed by atoms with van der Waals surface area (Å²) in [6.45, 7) is 0.888. The molecule has 1 atom stereocenters. The number of carbonyl (C=O) groups is 2. The monoisotopic (exact) mass is 344 g/mol. The van der Waals surface area contributed by atoms with Crippen molar-refractivity contribution in [3.05, 3.63) is 66.0 Å². The number of carbonyl (C=O) groups excluding carboxylic acids is 2. The van der Waals surface area contributed by atoms with Crippen LogP contribution < -0.4 is 15.5 Å². The van der Waals surface area contributed by atoms with Crippen LogP contribution >= 0.6 is 0 Å². The van der Waals surface area contributed by atoms with E-state index in [1.54, 1.807) is 13.1 Å². The molecule has 2 amide bonds. The van der Waals surface area contributed by atoms with E-state index in [2.05, 4.69) is 10.6 Å². The molecular weight excluding hydrogens is 321 g/mol. The van der Waals surface area contributed by atoms with Crippen molar-refractivity contribution in [1.29, 1.82) is 0 Å². The average molecular weight is 344 g/mol. The van der Waals surface area contributed by atoms with Gasteiger partial charge in [0.1, 0.15) is 5.82 Å². The lowest BCUT2D eigenvalue weighted by Crippen LogP contribution is -3.11. The van der Waals surface area contributed by atoms with Gasteiger partial charge in [-0.25, -0.2) is 4.39 Å². The van der Waals surface area contributed by atoms with Crippen LogP contribution in [0.25, 0.3) is 0 Å².